The fourth-order valence-corrected chi connectivity index (χ4v) is 2.77. The van der Waals surface area contributed by atoms with Crippen LogP contribution >= 0.6 is 50.7 Å². The number of rotatable bonds is 2. The minimum absolute atomic E-state index is 0.0313. The maximum atomic E-state index is 11.5. The van der Waals surface area contributed by atoms with E-state index in [1.807, 2.05) is 0 Å². The second-order valence-corrected chi connectivity index (χ2v) is 7.29. The Morgan fingerprint density at radius 3 is 2.29 bits per heavy atom. The predicted octanol–water partition coefficient (Wildman–Crippen LogP) is 3.64. The van der Waals surface area contributed by atoms with Gasteiger partial charge in [-0.05, 0) is 34.1 Å². The summed E-state index contributed by atoms with van der Waals surface area (Å²) < 4.78 is 21.9. The molecule has 0 saturated heterocycles. The molecule has 7 heteroatoms. The van der Waals surface area contributed by atoms with Gasteiger partial charge in [0.05, 0.1) is 9.92 Å². The van der Waals surface area contributed by atoms with E-state index in [9.17, 15) is 8.42 Å². The fraction of sp³-hybridized carbons (Fsp3) is 0.143. The lowest BCUT2D eigenvalue weighted by Gasteiger charge is -2.05. The van der Waals surface area contributed by atoms with E-state index in [2.05, 4.69) is 15.9 Å². The van der Waals surface area contributed by atoms with Crippen molar-refractivity contribution in [3.63, 3.8) is 0 Å². The second-order valence-electron chi connectivity index (χ2n) is 2.38. The van der Waals surface area contributed by atoms with Crippen molar-refractivity contribution in [3.8, 4) is 0 Å². The highest BCUT2D eigenvalue weighted by atomic mass is 79.9. The molecule has 0 aromatic heterocycles. The van der Waals surface area contributed by atoms with E-state index in [0.29, 0.717) is 9.50 Å². The van der Waals surface area contributed by atoms with Gasteiger partial charge in [0, 0.05) is 4.47 Å². The van der Waals surface area contributed by atoms with Gasteiger partial charge in [0.1, 0.15) is 0 Å². The normalized spacial score (nSPS) is 12.1. The summed E-state index contributed by atoms with van der Waals surface area (Å²) in [5.41, 5.74) is 0. The Kier molecular flexibility index (Phi) is 4.11. The Morgan fingerprint density at radius 1 is 1.29 bits per heavy atom. The second kappa shape index (κ2) is 4.58. The summed E-state index contributed by atoms with van der Waals surface area (Å²) in [6, 6.07) is 4.16. The van der Waals surface area contributed by atoms with Crippen LogP contribution in [0, 0.1) is 0 Å². The molecule has 0 spiro atoms. The third kappa shape index (κ3) is 2.55. The fourth-order valence-electron chi connectivity index (χ4n) is 0.757. The third-order valence-electron chi connectivity index (χ3n) is 1.45. The minimum Gasteiger partial charge on any atom is -0.221 e. The molecule has 0 bridgehead atoms. The summed E-state index contributed by atoms with van der Waals surface area (Å²) in [6.45, 7) is 0. The van der Waals surface area contributed by atoms with Crippen molar-refractivity contribution in [3.05, 3.63) is 27.7 Å². The van der Waals surface area contributed by atoms with E-state index in [4.69, 9.17) is 34.8 Å². The zero-order valence-electron chi connectivity index (χ0n) is 6.55. The van der Waals surface area contributed by atoms with Gasteiger partial charge < -0.3 is 0 Å². The average Bonchev–Trinajstić information content (AvgIpc) is 2.09. The summed E-state index contributed by atoms with van der Waals surface area (Å²) >= 11 is 19.5. The van der Waals surface area contributed by atoms with Gasteiger partial charge in [-0.3, -0.25) is 0 Å². The van der Waals surface area contributed by atoms with Gasteiger partial charge in [0.2, 0.25) is 14.0 Å². The standard InChI is InChI=1S/C7H4BrCl3O2S/c8-5-3-4(1-2-6(5)9)14(12,13)7(10)11/h1-3,7H. The monoisotopic (exact) mass is 336 g/mol. The molecule has 1 aromatic carbocycles. The number of hydrogen-bond acceptors (Lipinski definition) is 2. The summed E-state index contributed by atoms with van der Waals surface area (Å²) in [5.74, 6) is 0. The minimum atomic E-state index is -3.67. The number of halogens is 4. The quantitative estimate of drug-likeness (QED) is 0.772. The molecule has 0 unspecified atom stereocenters. The molecule has 0 aliphatic heterocycles. The number of sulfone groups is 1. The van der Waals surface area contributed by atoms with Crippen molar-refractivity contribution < 1.29 is 8.42 Å². The third-order valence-corrected chi connectivity index (χ3v) is 5.46. The van der Waals surface area contributed by atoms with Gasteiger partial charge in [-0.25, -0.2) is 8.42 Å². The van der Waals surface area contributed by atoms with Crippen LogP contribution in [0.4, 0.5) is 0 Å². The van der Waals surface area contributed by atoms with E-state index in [0.717, 1.165) is 0 Å². The highest BCUT2D eigenvalue weighted by molar-refractivity contribution is 9.10. The lowest BCUT2D eigenvalue weighted by Crippen LogP contribution is -2.09. The molecule has 0 heterocycles. The SMILES string of the molecule is O=S(=O)(c1ccc(Cl)c(Br)c1)C(Cl)Cl. The molecule has 0 aliphatic carbocycles. The molecule has 0 amide bonds. The van der Waals surface area contributed by atoms with Crippen LogP contribution in [-0.4, -0.2) is 12.6 Å². The van der Waals surface area contributed by atoms with Crippen molar-refractivity contribution >= 4 is 60.6 Å². The van der Waals surface area contributed by atoms with Crippen molar-refractivity contribution in [2.24, 2.45) is 0 Å². The van der Waals surface area contributed by atoms with E-state index < -0.39 is 14.0 Å². The van der Waals surface area contributed by atoms with E-state index in [1.54, 1.807) is 0 Å². The van der Waals surface area contributed by atoms with Crippen molar-refractivity contribution in [1.82, 2.24) is 0 Å². The molecule has 0 radical (unpaired) electrons. The Hall–Kier alpha value is 0.520. The first kappa shape index (κ1) is 12.6. The van der Waals surface area contributed by atoms with Crippen LogP contribution in [0.1, 0.15) is 0 Å². The van der Waals surface area contributed by atoms with Gasteiger partial charge in [-0.1, -0.05) is 34.8 Å². The molecule has 14 heavy (non-hydrogen) atoms. The number of alkyl halides is 2. The molecular formula is C7H4BrCl3O2S. The van der Waals surface area contributed by atoms with Gasteiger partial charge in [-0.2, -0.15) is 0 Å². The predicted molar refractivity (Wildman–Crippen MR) is 61.8 cm³/mol. The summed E-state index contributed by atoms with van der Waals surface area (Å²) in [5, 5.41) is 0.421. The maximum Gasteiger partial charge on any atom is 0.212 e. The first-order chi connectivity index (χ1) is 6.35. The molecule has 2 nitrogen and oxygen atoms in total. The van der Waals surface area contributed by atoms with E-state index in [1.165, 1.54) is 18.2 Å². The molecule has 0 N–H and O–H groups in total. The molecule has 1 rings (SSSR count). The maximum absolute atomic E-state index is 11.5. The number of benzene rings is 1. The Bertz CT molecular complexity index is 444. The van der Waals surface area contributed by atoms with Crippen LogP contribution in [0.15, 0.2) is 27.6 Å². The Morgan fingerprint density at radius 2 is 1.86 bits per heavy atom. The van der Waals surface area contributed by atoms with Gasteiger partial charge in [0.15, 0.2) is 0 Å². The van der Waals surface area contributed by atoms with E-state index in [-0.39, 0.29) is 4.90 Å². The topological polar surface area (TPSA) is 34.1 Å². The lowest BCUT2D eigenvalue weighted by atomic mass is 10.4. The first-order valence-corrected chi connectivity index (χ1v) is 6.92. The summed E-state index contributed by atoms with van der Waals surface area (Å²) in [6.07, 6.45) is 0. The molecule has 1 aromatic rings. The summed E-state index contributed by atoms with van der Waals surface area (Å²) in [7, 11) is -3.67. The largest absolute Gasteiger partial charge is 0.221 e. The van der Waals surface area contributed by atoms with Crippen molar-refractivity contribution in [1.29, 1.82) is 0 Å². The highest BCUT2D eigenvalue weighted by Crippen LogP contribution is 2.28. The average molecular weight is 338 g/mol. The van der Waals surface area contributed by atoms with Gasteiger partial charge >= 0.3 is 0 Å². The van der Waals surface area contributed by atoms with Crippen molar-refractivity contribution in [2.75, 3.05) is 0 Å². The Labute approximate surface area is 105 Å². The van der Waals surface area contributed by atoms with E-state index >= 15 is 0 Å². The van der Waals surface area contributed by atoms with Crippen molar-refractivity contribution in [2.45, 2.75) is 9.06 Å². The molecule has 0 saturated carbocycles. The molecule has 78 valence electrons. The van der Waals surface area contributed by atoms with Crippen LogP contribution in [0.25, 0.3) is 0 Å². The lowest BCUT2D eigenvalue weighted by molar-refractivity contribution is 0.598. The first-order valence-electron chi connectivity index (χ1n) is 3.33. The zero-order valence-corrected chi connectivity index (χ0v) is 11.2. The summed E-state index contributed by atoms with van der Waals surface area (Å²) in [4.78, 5) is 0.0313. The molecule has 0 fully saturated rings. The Balaban J connectivity index is 3.29. The highest BCUT2D eigenvalue weighted by Gasteiger charge is 2.23. The smallest absolute Gasteiger partial charge is 0.212 e. The van der Waals surface area contributed by atoms with Gasteiger partial charge in [-0.15, -0.1) is 0 Å². The molecular weight excluding hydrogens is 334 g/mol. The molecule has 0 aliphatic rings. The molecule has 0 atom stereocenters. The van der Waals surface area contributed by atoms with Crippen LogP contribution in [0.2, 0.25) is 5.02 Å². The van der Waals surface area contributed by atoms with Crippen LogP contribution in [0.3, 0.4) is 0 Å². The van der Waals surface area contributed by atoms with Gasteiger partial charge in [0.25, 0.3) is 0 Å². The van der Waals surface area contributed by atoms with Crippen LogP contribution in [0.5, 0.6) is 0 Å². The number of hydrogen-bond donors (Lipinski definition) is 0. The zero-order chi connectivity index (χ0) is 10.9. The van der Waals surface area contributed by atoms with Crippen LogP contribution < -0.4 is 0 Å². The van der Waals surface area contributed by atoms with Crippen LogP contribution in [-0.2, 0) is 9.84 Å².